The van der Waals surface area contributed by atoms with Gasteiger partial charge in [0.1, 0.15) is 41.6 Å². The number of carbonyl (C=O) groups excluding carboxylic acids is 5. The van der Waals surface area contributed by atoms with Crippen LogP contribution in [0.3, 0.4) is 0 Å². The van der Waals surface area contributed by atoms with E-state index >= 15 is 4.39 Å². The second-order valence-corrected chi connectivity index (χ2v) is 21.7. The summed E-state index contributed by atoms with van der Waals surface area (Å²) in [5, 5.41) is 29.9. The number of hydrogen-bond acceptors (Lipinski definition) is 16. The van der Waals surface area contributed by atoms with Crippen LogP contribution in [0.2, 0.25) is 5.02 Å². The van der Waals surface area contributed by atoms with Crippen molar-refractivity contribution in [3.8, 4) is 27.3 Å². The first-order chi connectivity index (χ1) is 37.6. The number of thiazole rings is 1. The molecule has 2 aromatic heterocycles. The minimum absolute atomic E-state index is 0.00360. The van der Waals surface area contributed by atoms with E-state index < -0.39 is 70.3 Å². The number of β-amino-alcohol motifs (C(OH)–C–C–N with tert-alkyl or cyclic N) is 1. The first-order valence-corrected chi connectivity index (χ1v) is 27.1. The summed E-state index contributed by atoms with van der Waals surface area (Å²) in [6.07, 6.45) is -0.860. The lowest BCUT2D eigenvalue weighted by atomic mass is 9.85. The van der Waals surface area contributed by atoms with E-state index in [0.717, 1.165) is 27.8 Å². The van der Waals surface area contributed by atoms with Crippen LogP contribution in [0.4, 0.5) is 25.3 Å². The van der Waals surface area contributed by atoms with E-state index in [9.17, 15) is 38.6 Å². The first-order valence-electron chi connectivity index (χ1n) is 25.9. The van der Waals surface area contributed by atoms with E-state index in [4.69, 9.17) is 31.5 Å². The van der Waals surface area contributed by atoms with Gasteiger partial charge < -0.3 is 65.7 Å². The SMILES string of the molecule is Cc1ncsc1-c1ccc([C@H](C)NC(=O)[C@@H]2C[C@@H](O)CN2C(=O)[C@@H](NC(=O)COCCOCCOCCN(C)C(=O)CCNc2nc(N3CCN(C(N)=O)CC3)c3cc(Cl)c(-c4c(O)cccc4F)c(F)c3n2)C(C)(C)C)cc1. The summed E-state index contributed by atoms with van der Waals surface area (Å²) < 4.78 is 48.2. The number of likely N-dealkylation sites (tertiary alicyclic amines) is 1. The zero-order valence-electron chi connectivity index (χ0n) is 45.0. The molecule has 25 heteroatoms. The quantitative estimate of drug-likeness (QED) is 0.0457. The van der Waals surface area contributed by atoms with E-state index in [1.807, 2.05) is 43.0 Å². The Morgan fingerprint density at radius 2 is 1.63 bits per heavy atom. The Balaban J connectivity index is 0.808. The minimum Gasteiger partial charge on any atom is -0.507 e. The average Bonchev–Trinajstić information content (AvgIpc) is 4.13. The number of nitrogens with zero attached hydrogens (tertiary/aromatic N) is 7. The van der Waals surface area contributed by atoms with Gasteiger partial charge in [0, 0.05) is 76.7 Å². The topological polar surface area (TPSA) is 267 Å². The van der Waals surface area contributed by atoms with Crippen LogP contribution in [-0.4, -0.2) is 180 Å². The molecular formula is C54H68ClF2N11O10S. The lowest BCUT2D eigenvalue weighted by Gasteiger charge is -2.35. The van der Waals surface area contributed by atoms with Gasteiger partial charge in [-0.25, -0.2) is 23.5 Å². The number of likely N-dealkylation sites (N-methyl/N-ethyl adjacent to an activating group) is 1. The number of rotatable bonds is 23. The summed E-state index contributed by atoms with van der Waals surface area (Å²) in [6.45, 7) is 11.1. The summed E-state index contributed by atoms with van der Waals surface area (Å²) in [5.74, 6) is -3.82. The number of phenols is 1. The fourth-order valence-corrected chi connectivity index (χ4v) is 10.3. The van der Waals surface area contributed by atoms with Gasteiger partial charge in [-0.15, -0.1) is 11.3 Å². The average molecular weight is 1140 g/mol. The lowest BCUT2D eigenvalue weighted by Crippen LogP contribution is -2.58. The van der Waals surface area contributed by atoms with Crippen molar-refractivity contribution >= 4 is 75.3 Å². The molecule has 0 aliphatic carbocycles. The third kappa shape index (κ3) is 15.1. The number of fused-ring (bicyclic) bond motifs is 1. The van der Waals surface area contributed by atoms with Gasteiger partial charge in [-0.2, -0.15) is 4.98 Å². The lowest BCUT2D eigenvalue weighted by molar-refractivity contribution is -0.144. The Bertz CT molecular complexity index is 2960. The summed E-state index contributed by atoms with van der Waals surface area (Å²) in [5.41, 5.74) is 8.34. The van der Waals surface area contributed by atoms with E-state index in [-0.39, 0.29) is 130 Å². The van der Waals surface area contributed by atoms with Crippen LogP contribution in [0, 0.1) is 24.0 Å². The van der Waals surface area contributed by atoms with Gasteiger partial charge in [0.25, 0.3) is 0 Å². The highest BCUT2D eigenvalue weighted by Gasteiger charge is 2.45. The molecule has 0 radical (unpaired) electrons. The second-order valence-electron chi connectivity index (χ2n) is 20.4. The van der Waals surface area contributed by atoms with Crippen molar-refractivity contribution in [3.05, 3.63) is 82.0 Å². The molecule has 7 rings (SSSR count). The predicted octanol–water partition coefficient (Wildman–Crippen LogP) is 5.25. The number of nitrogens with one attached hydrogen (secondary N) is 3. The number of anilines is 2. The largest absolute Gasteiger partial charge is 0.507 e. The highest BCUT2D eigenvalue weighted by Crippen LogP contribution is 2.43. The van der Waals surface area contributed by atoms with Gasteiger partial charge in [-0.1, -0.05) is 62.7 Å². The zero-order valence-corrected chi connectivity index (χ0v) is 46.6. The molecule has 2 aliphatic heterocycles. The number of aromatic nitrogens is 3. The molecule has 426 valence electrons. The van der Waals surface area contributed by atoms with Crippen LogP contribution in [0.15, 0.2) is 54.0 Å². The van der Waals surface area contributed by atoms with Crippen LogP contribution >= 0.6 is 22.9 Å². The molecule has 4 heterocycles. The van der Waals surface area contributed by atoms with Crippen molar-refractivity contribution in [2.75, 3.05) is 103 Å². The van der Waals surface area contributed by atoms with Gasteiger partial charge in [0.15, 0.2) is 5.82 Å². The molecule has 2 fully saturated rings. The zero-order chi connectivity index (χ0) is 57.1. The highest BCUT2D eigenvalue weighted by atomic mass is 35.5. The monoisotopic (exact) mass is 1140 g/mol. The third-order valence-corrected chi connectivity index (χ3v) is 14.9. The van der Waals surface area contributed by atoms with Crippen LogP contribution in [0.1, 0.15) is 57.8 Å². The van der Waals surface area contributed by atoms with Crippen molar-refractivity contribution in [1.29, 1.82) is 0 Å². The normalized spacial score (nSPS) is 16.5. The molecule has 2 saturated heterocycles. The number of aliphatic hydroxyl groups excluding tert-OH is 1. The van der Waals surface area contributed by atoms with Gasteiger partial charge in [-0.05, 0) is 48.6 Å². The number of halogens is 3. The number of phenolic OH excluding ortho intramolecular Hbond substituents is 1. The molecule has 0 saturated carbocycles. The van der Waals surface area contributed by atoms with E-state index in [1.165, 1.54) is 32.9 Å². The molecule has 7 N–H and O–H groups in total. The minimum atomic E-state index is -1.02. The van der Waals surface area contributed by atoms with Crippen LogP contribution < -0.4 is 26.6 Å². The van der Waals surface area contributed by atoms with Gasteiger partial charge in [-0.3, -0.25) is 19.2 Å². The molecule has 2 aliphatic rings. The van der Waals surface area contributed by atoms with Crippen molar-refractivity contribution < 1.29 is 57.2 Å². The fraction of sp³-hybridized carbons (Fsp3) is 0.481. The summed E-state index contributed by atoms with van der Waals surface area (Å²) in [7, 11) is 1.62. The number of aromatic hydroxyl groups is 1. The number of ether oxygens (including phenoxy) is 3. The van der Waals surface area contributed by atoms with Crippen molar-refractivity contribution in [2.24, 2.45) is 11.1 Å². The Morgan fingerprint density at radius 1 is 0.949 bits per heavy atom. The van der Waals surface area contributed by atoms with Crippen LogP contribution in [-0.2, 0) is 33.4 Å². The van der Waals surface area contributed by atoms with Crippen molar-refractivity contribution in [3.63, 3.8) is 0 Å². The third-order valence-electron chi connectivity index (χ3n) is 13.7. The molecule has 0 spiro atoms. The number of hydrogen-bond donors (Lipinski definition) is 6. The molecular weight excluding hydrogens is 1070 g/mol. The fourth-order valence-electron chi connectivity index (χ4n) is 9.25. The Hall–Kier alpha value is -6.83. The maximum absolute atomic E-state index is 16.5. The molecule has 0 unspecified atom stereocenters. The van der Waals surface area contributed by atoms with E-state index in [2.05, 4.69) is 30.9 Å². The van der Waals surface area contributed by atoms with Gasteiger partial charge in [0.05, 0.1) is 71.8 Å². The summed E-state index contributed by atoms with van der Waals surface area (Å²) in [4.78, 5) is 86.2. The number of benzene rings is 3. The van der Waals surface area contributed by atoms with Gasteiger partial charge >= 0.3 is 6.03 Å². The second kappa shape index (κ2) is 26.9. The van der Waals surface area contributed by atoms with Crippen molar-refractivity contribution in [1.82, 2.24) is 40.3 Å². The van der Waals surface area contributed by atoms with Gasteiger partial charge in [0.2, 0.25) is 29.6 Å². The maximum atomic E-state index is 16.5. The number of amides is 6. The van der Waals surface area contributed by atoms with E-state index in [1.54, 1.807) is 44.7 Å². The molecule has 3 aromatic carbocycles. The molecule has 5 aromatic rings. The van der Waals surface area contributed by atoms with Crippen molar-refractivity contribution in [2.45, 2.75) is 71.7 Å². The predicted molar refractivity (Wildman–Crippen MR) is 294 cm³/mol. The number of piperazine rings is 1. The maximum Gasteiger partial charge on any atom is 0.314 e. The van der Waals surface area contributed by atoms with E-state index in [0.29, 0.717) is 13.1 Å². The first kappa shape index (κ1) is 59.8. The molecule has 79 heavy (non-hydrogen) atoms. The molecule has 4 atom stereocenters. The number of aliphatic hydroxyl groups is 1. The standard InChI is InChI=1S/C54H68ClF2N11O10S/c1-31(33-10-12-34(13-11-33)47-32(2)60-30-79-47)61-50(73)39-26-35(69)28-68(39)51(74)48(54(3,4)5)62-41(71)29-78-25-24-77-23-22-76-21-20-65(6)42(72)14-15-59-53-63-46-36(49(64-53)66-16-18-67(19-17-66)52(58)75)27-37(55)43(45(46)57)44-38(56)8-7-9-40(44)70/h7-13,27,30-31,35,39,48,69-70H,14-26,28-29H2,1-6H3,(H2,58,75)(H,61,73)(H,62,71)(H,59,63,64)/t31-,35+,39-,48+/m0/s1. The Morgan fingerprint density at radius 3 is 2.28 bits per heavy atom. The molecule has 21 nitrogen and oxygen atoms in total. The summed E-state index contributed by atoms with van der Waals surface area (Å²) >= 11 is 8.11. The van der Waals surface area contributed by atoms with Crippen LogP contribution in [0.25, 0.3) is 32.5 Å². The highest BCUT2D eigenvalue weighted by molar-refractivity contribution is 7.13. The molecule has 6 amide bonds. The number of carbonyl (C=O) groups is 5. The summed E-state index contributed by atoms with van der Waals surface area (Å²) in [6, 6.07) is 9.87. The van der Waals surface area contributed by atoms with Crippen LogP contribution in [0.5, 0.6) is 5.75 Å². The number of aryl methyl sites for hydroxylation is 1. The Kier molecular flexibility index (Phi) is 20.4. The number of nitrogens with two attached hydrogens (primary N) is 1. The molecule has 0 bridgehead atoms. The number of urea groups is 1. The smallest absolute Gasteiger partial charge is 0.314 e. The Labute approximate surface area is 465 Å². The number of primary amides is 1.